The van der Waals surface area contributed by atoms with Crippen LogP contribution in [0.25, 0.3) is 0 Å². The van der Waals surface area contributed by atoms with Crippen molar-refractivity contribution >= 4 is 17.7 Å². The van der Waals surface area contributed by atoms with E-state index in [-0.39, 0.29) is 24.7 Å². The smallest absolute Gasteiger partial charge is 0.308 e. The van der Waals surface area contributed by atoms with Crippen molar-refractivity contribution in [3.8, 4) is 0 Å². The maximum absolute atomic E-state index is 12.2. The molecular formula is C15H21NO5. The summed E-state index contributed by atoms with van der Waals surface area (Å²) in [5.74, 6) is -1.11. The SMILES string of the molecule is CCCCC(=O)NC(CC(=O)OCC)C(=O)c1ccco1. The lowest BCUT2D eigenvalue weighted by Gasteiger charge is -2.15. The zero-order chi connectivity index (χ0) is 15.7. The Morgan fingerprint density at radius 2 is 2.10 bits per heavy atom. The molecule has 0 aliphatic heterocycles. The summed E-state index contributed by atoms with van der Waals surface area (Å²) < 4.78 is 9.86. The van der Waals surface area contributed by atoms with Gasteiger partial charge in [-0.05, 0) is 25.5 Å². The first-order valence-electron chi connectivity index (χ1n) is 7.11. The van der Waals surface area contributed by atoms with Crippen LogP contribution in [0.3, 0.4) is 0 Å². The van der Waals surface area contributed by atoms with Crippen LogP contribution in [-0.2, 0) is 14.3 Å². The molecule has 1 rings (SSSR count). The monoisotopic (exact) mass is 295 g/mol. The van der Waals surface area contributed by atoms with Gasteiger partial charge in [-0.3, -0.25) is 14.4 Å². The second-order valence-corrected chi connectivity index (χ2v) is 4.57. The summed E-state index contributed by atoms with van der Waals surface area (Å²) in [5.41, 5.74) is 0. The molecule has 0 aliphatic rings. The third kappa shape index (κ3) is 5.81. The molecule has 0 aromatic carbocycles. The zero-order valence-electron chi connectivity index (χ0n) is 12.4. The van der Waals surface area contributed by atoms with Crippen LogP contribution >= 0.6 is 0 Å². The van der Waals surface area contributed by atoms with Crippen molar-refractivity contribution in [2.45, 2.75) is 45.6 Å². The van der Waals surface area contributed by atoms with Gasteiger partial charge in [-0.15, -0.1) is 0 Å². The van der Waals surface area contributed by atoms with E-state index >= 15 is 0 Å². The molecule has 1 amide bonds. The molecule has 0 fully saturated rings. The number of esters is 1. The maximum atomic E-state index is 12.2. The van der Waals surface area contributed by atoms with Gasteiger partial charge in [-0.25, -0.2) is 0 Å². The number of nitrogens with one attached hydrogen (secondary N) is 1. The first-order valence-corrected chi connectivity index (χ1v) is 7.11. The first-order chi connectivity index (χ1) is 10.1. The highest BCUT2D eigenvalue weighted by molar-refractivity contribution is 6.01. The summed E-state index contributed by atoms with van der Waals surface area (Å²) >= 11 is 0. The molecule has 1 unspecified atom stereocenters. The predicted octanol–water partition coefficient (Wildman–Crippen LogP) is 2.09. The number of amides is 1. The van der Waals surface area contributed by atoms with Gasteiger partial charge in [0.2, 0.25) is 11.7 Å². The number of hydrogen-bond donors (Lipinski definition) is 1. The maximum Gasteiger partial charge on any atom is 0.308 e. The van der Waals surface area contributed by atoms with Crippen LogP contribution < -0.4 is 5.32 Å². The van der Waals surface area contributed by atoms with Crippen LogP contribution in [0.1, 0.15) is 50.1 Å². The van der Waals surface area contributed by atoms with Crippen LogP contribution in [0.4, 0.5) is 0 Å². The molecule has 0 bridgehead atoms. The molecule has 6 heteroatoms. The Morgan fingerprint density at radius 3 is 2.67 bits per heavy atom. The number of ketones is 1. The van der Waals surface area contributed by atoms with Crippen LogP contribution in [0.2, 0.25) is 0 Å². The third-order valence-electron chi connectivity index (χ3n) is 2.85. The first kappa shape index (κ1) is 16.9. The molecule has 0 radical (unpaired) electrons. The highest BCUT2D eigenvalue weighted by Gasteiger charge is 2.27. The average molecular weight is 295 g/mol. The summed E-state index contributed by atoms with van der Waals surface area (Å²) in [6.07, 6.45) is 3.09. The van der Waals surface area contributed by atoms with Crippen molar-refractivity contribution in [2.75, 3.05) is 6.61 Å². The van der Waals surface area contributed by atoms with E-state index in [1.165, 1.54) is 12.3 Å². The Morgan fingerprint density at radius 1 is 1.33 bits per heavy atom. The van der Waals surface area contributed by atoms with Gasteiger partial charge in [0.05, 0.1) is 19.3 Å². The van der Waals surface area contributed by atoms with E-state index in [9.17, 15) is 14.4 Å². The molecule has 1 N–H and O–H groups in total. The molecule has 0 spiro atoms. The summed E-state index contributed by atoms with van der Waals surface area (Å²) in [6.45, 7) is 3.88. The van der Waals surface area contributed by atoms with Crippen molar-refractivity contribution < 1.29 is 23.5 Å². The zero-order valence-corrected chi connectivity index (χ0v) is 12.4. The Kier molecular flexibility index (Phi) is 7.21. The Labute approximate surface area is 123 Å². The summed E-state index contributed by atoms with van der Waals surface area (Å²) in [7, 11) is 0. The van der Waals surface area contributed by atoms with Crippen LogP contribution in [0.15, 0.2) is 22.8 Å². The molecule has 1 aromatic rings. The van der Waals surface area contributed by atoms with Gasteiger partial charge in [0, 0.05) is 6.42 Å². The fourth-order valence-electron chi connectivity index (χ4n) is 1.79. The van der Waals surface area contributed by atoms with Gasteiger partial charge >= 0.3 is 5.97 Å². The molecule has 1 heterocycles. The van der Waals surface area contributed by atoms with Gasteiger partial charge in [-0.2, -0.15) is 0 Å². The second kappa shape index (κ2) is 8.94. The summed E-state index contributed by atoms with van der Waals surface area (Å²) in [6, 6.07) is 2.12. The van der Waals surface area contributed by atoms with Gasteiger partial charge in [0.25, 0.3) is 0 Å². The van der Waals surface area contributed by atoms with Gasteiger partial charge < -0.3 is 14.5 Å². The number of furan rings is 1. The fraction of sp³-hybridized carbons (Fsp3) is 0.533. The molecule has 0 saturated carbocycles. The predicted molar refractivity (Wildman–Crippen MR) is 75.7 cm³/mol. The molecule has 116 valence electrons. The van der Waals surface area contributed by atoms with Crippen molar-refractivity contribution in [1.82, 2.24) is 5.32 Å². The minimum Gasteiger partial charge on any atom is -0.466 e. The van der Waals surface area contributed by atoms with E-state index in [4.69, 9.17) is 9.15 Å². The lowest BCUT2D eigenvalue weighted by Crippen LogP contribution is -2.42. The molecule has 0 aliphatic carbocycles. The highest BCUT2D eigenvalue weighted by Crippen LogP contribution is 2.09. The normalized spacial score (nSPS) is 11.7. The lowest BCUT2D eigenvalue weighted by molar-refractivity contribution is -0.143. The number of carbonyl (C=O) groups excluding carboxylic acids is 3. The van der Waals surface area contributed by atoms with Gasteiger partial charge in [0.15, 0.2) is 5.76 Å². The largest absolute Gasteiger partial charge is 0.466 e. The minimum atomic E-state index is -0.959. The van der Waals surface area contributed by atoms with Crippen LogP contribution in [0, 0.1) is 0 Å². The number of carbonyl (C=O) groups is 3. The second-order valence-electron chi connectivity index (χ2n) is 4.57. The topological polar surface area (TPSA) is 85.6 Å². The minimum absolute atomic E-state index is 0.111. The van der Waals surface area contributed by atoms with E-state index in [1.54, 1.807) is 13.0 Å². The number of ether oxygens (including phenoxy) is 1. The third-order valence-corrected chi connectivity index (χ3v) is 2.85. The summed E-state index contributed by atoms with van der Waals surface area (Å²) in [4.78, 5) is 35.6. The fourth-order valence-corrected chi connectivity index (χ4v) is 1.79. The molecule has 0 saturated heterocycles. The van der Waals surface area contributed by atoms with Crippen molar-refractivity contribution in [1.29, 1.82) is 0 Å². The van der Waals surface area contributed by atoms with Crippen molar-refractivity contribution in [3.05, 3.63) is 24.2 Å². The van der Waals surface area contributed by atoms with Gasteiger partial charge in [-0.1, -0.05) is 13.3 Å². The van der Waals surface area contributed by atoms with E-state index in [0.717, 1.165) is 12.8 Å². The van der Waals surface area contributed by atoms with Gasteiger partial charge in [0.1, 0.15) is 6.04 Å². The number of rotatable bonds is 9. The molecule has 6 nitrogen and oxygen atoms in total. The highest BCUT2D eigenvalue weighted by atomic mass is 16.5. The molecule has 1 aromatic heterocycles. The van der Waals surface area contributed by atoms with Crippen LogP contribution in [0.5, 0.6) is 0 Å². The molecule has 21 heavy (non-hydrogen) atoms. The Hall–Kier alpha value is -2.11. The molecular weight excluding hydrogens is 274 g/mol. The van der Waals surface area contributed by atoms with Crippen molar-refractivity contribution in [3.63, 3.8) is 0 Å². The van der Waals surface area contributed by atoms with Crippen molar-refractivity contribution in [2.24, 2.45) is 0 Å². The standard InChI is InChI=1S/C15H21NO5/c1-3-5-8-13(17)16-11(10-14(18)20-4-2)15(19)12-7-6-9-21-12/h6-7,9,11H,3-5,8,10H2,1-2H3,(H,16,17). The lowest BCUT2D eigenvalue weighted by atomic mass is 10.1. The summed E-state index contributed by atoms with van der Waals surface area (Å²) in [5, 5.41) is 2.58. The average Bonchev–Trinajstić information content (AvgIpc) is 2.98. The Balaban J connectivity index is 2.72. The quantitative estimate of drug-likeness (QED) is 0.557. The van der Waals surface area contributed by atoms with Crippen LogP contribution in [-0.4, -0.2) is 30.3 Å². The number of hydrogen-bond acceptors (Lipinski definition) is 5. The van der Waals surface area contributed by atoms with E-state index in [1.807, 2.05) is 6.92 Å². The van der Waals surface area contributed by atoms with E-state index in [2.05, 4.69) is 5.32 Å². The van der Waals surface area contributed by atoms with E-state index in [0.29, 0.717) is 6.42 Å². The Bertz CT molecular complexity index is 466. The van der Waals surface area contributed by atoms with E-state index < -0.39 is 17.8 Å². The number of Topliss-reactive ketones (excluding diaryl/α,β-unsaturated/α-hetero) is 1. The number of unbranched alkanes of at least 4 members (excludes halogenated alkanes) is 1. The molecule has 1 atom stereocenters.